The molecule has 2 aromatic rings. The number of benzene rings is 2. The van der Waals surface area contributed by atoms with Gasteiger partial charge in [0.05, 0.1) is 15.5 Å². The summed E-state index contributed by atoms with van der Waals surface area (Å²) in [6.45, 7) is 2.34. The molecule has 4 nitrogen and oxygen atoms in total. The highest BCUT2D eigenvalue weighted by molar-refractivity contribution is 9.10. The Morgan fingerprint density at radius 3 is 2.71 bits per heavy atom. The van der Waals surface area contributed by atoms with Gasteiger partial charge in [-0.05, 0) is 30.7 Å². The molecule has 110 valence electrons. The van der Waals surface area contributed by atoms with Crippen LogP contribution in [0.1, 0.15) is 24.1 Å². The Morgan fingerprint density at radius 1 is 1.33 bits per heavy atom. The van der Waals surface area contributed by atoms with Crippen LogP contribution in [-0.4, -0.2) is 4.92 Å². The fraction of sp³-hybridized carbons (Fsp3) is 0.200. The van der Waals surface area contributed by atoms with Gasteiger partial charge in [0.25, 0.3) is 5.69 Å². The van der Waals surface area contributed by atoms with Gasteiger partial charge in [-0.2, -0.15) is 0 Å². The number of hydrogen-bond donors (Lipinski definition) is 1. The highest BCUT2D eigenvalue weighted by Gasteiger charge is 2.17. The van der Waals surface area contributed by atoms with Crippen molar-refractivity contribution in [1.82, 2.24) is 5.32 Å². The largest absolute Gasteiger partial charge is 0.306 e. The highest BCUT2D eigenvalue weighted by atomic mass is 79.9. The van der Waals surface area contributed by atoms with Crippen molar-refractivity contribution in [2.75, 3.05) is 0 Å². The standard InChI is InChI=1S/C15H14BrClN2O2/c1-10(11-4-2-5-12(16)8-11)18-9-13-14(17)6-3-7-15(13)19(20)21/h2-8,10,18H,9H2,1H3/t10-/m1/s1. The number of nitro benzene ring substituents is 1. The molecule has 0 unspecified atom stereocenters. The summed E-state index contributed by atoms with van der Waals surface area (Å²) >= 11 is 9.51. The van der Waals surface area contributed by atoms with Crippen molar-refractivity contribution in [2.24, 2.45) is 0 Å². The van der Waals surface area contributed by atoms with Crippen molar-refractivity contribution in [3.63, 3.8) is 0 Å². The van der Waals surface area contributed by atoms with Gasteiger partial charge in [0, 0.05) is 23.1 Å². The van der Waals surface area contributed by atoms with Crippen LogP contribution in [0, 0.1) is 10.1 Å². The molecule has 0 aliphatic rings. The number of nitro groups is 1. The summed E-state index contributed by atoms with van der Waals surface area (Å²) in [5.74, 6) is 0. The topological polar surface area (TPSA) is 55.2 Å². The number of rotatable bonds is 5. The van der Waals surface area contributed by atoms with Gasteiger partial charge in [-0.15, -0.1) is 0 Å². The second-order valence-corrected chi connectivity index (χ2v) is 5.98. The Kier molecular flexibility index (Phi) is 5.33. The number of hydrogen-bond acceptors (Lipinski definition) is 3. The summed E-state index contributed by atoms with van der Waals surface area (Å²) < 4.78 is 0.998. The molecule has 0 amide bonds. The lowest BCUT2D eigenvalue weighted by atomic mass is 10.1. The van der Waals surface area contributed by atoms with E-state index in [1.54, 1.807) is 12.1 Å². The first-order valence-corrected chi connectivity index (χ1v) is 7.56. The molecule has 1 N–H and O–H groups in total. The maximum atomic E-state index is 11.0. The summed E-state index contributed by atoms with van der Waals surface area (Å²) in [6, 6.07) is 12.7. The van der Waals surface area contributed by atoms with Gasteiger partial charge in [-0.25, -0.2) is 0 Å². The van der Waals surface area contributed by atoms with Crippen LogP contribution < -0.4 is 5.32 Å². The lowest BCUT2D eigenvalue weighted by Crippen LogP contribution is -2.19. The molecular formula is C15H14BrClN2O2. The minimum Gasteiger partial charge on any atom is -0.306 e. The molecule has 0 heterocycles. The number of nitrogens with one attached hydrogen (secondary N) is 1. The molecule has 0 radical (unpaired) electrons. The first-order chi connectivity index (χ1) is 9.99. The Balaban J connectivity index is 2.15. The van der Waals surface area contributed by atoms with Gasteiger partial charge < -0.3 is 5.32 Å². The Morgan fingerprint density at radius 2 is 2.05 bits per heavy atom. The second-order valence-electron chi connectivity index (χ2n) is 4.65. The Labute approximate surface area is 136 Å². The smallest absolute Gasteiger partial charge is 0.275 e. The van der Waals surface area contributed by atoms with Crippen molar-refractivity contribution in [1.29, 1.82) is 0 Å². The molecule has 0 aliphatic carbocycles. The predicted octanol–water partition coefficient (Wildman–Crippen LogP) is 4.86. The fourth-order valence-electron chi connectivity index (χ4n) is 2.04. The van der Waals surface area contributed by atoms with Crippen molar-refractivity contribution in [3.05, 3.63) is 73.2 Å². The van der Waals surface area contributed by atoms with Crippen molar-refractivity contribution in [2.45, 2.75) is 19.5 Å². The van der Waals surface area contributed by atoms with Crippen molar-refractivity contribution in [3.8, 4) is 0 Å². The summed E-state index contributed by atoms with van der Waals surface area (Å²) in [7, 11) is 0. The van der Waals surface area contributed by atoms with Crippen LogP contribution in [0.3, 0.4) is 0 Å². The van der Waals surface area contributed by atoms with Crippen LogP contribution >= 0.6 is 27.5 Å². The quantitative estimate of drug-likeness (QED) is 0.605. The van der Waals surface area contributed by atoms with Gasteiger partial charge in [-0.1, -0.05) is 45.7 Å². The van der Waals surface area contributed by atoms with E-state index in [2.05, 4.69) is 21.2 Å². The SMILES string of the molecule is C[C@@H](NCc1c(Cl)cccc1[N+](=O)[O-])c1cccc(Br)c1. The molecule has 0 saturated carbocycles. The lowest BCUT2D eigenvalue weighted by molar-refractivity contribution is -0.385. The van der Waals surface area contributed by atoms with Gasteiger partial charge >= 0.3 is 0 Å². The van der Waals surface area contributed by atoms with E-state index < -0.39 is 4.92 Å². The van der Waals surface area contributed by atoms with Gasteiger partial charge in [0.2, 0.25) is 0 Å². The zero-order valence-electron chi connectivity index (χ0n) is 11.3. The van der Waals surface area contributed by atoms with E-state index >= 15 is 0 Å². The van der Waals surface area contributed by atoms with Crippen LogP contribution in [0.25, 0.3) is 0 Å². The summed E-state index contributed by atoms with van der Waals surface area (Å²) in [5.41, 5.74) is 1.64. The second kappa shape index (κ2) is 7.02. The van der Waals surface area contributed by atoms with E-state index in [0.29, 0.717) is 17.1 Å². The maximum absolute atomic E-state index is 11.0. The van der Waals surface area contributed by atoms with Gasteiger partial charge in [-0.3, -0.25) is 10.1 Å². The molecule has 0 aliphatic heterocycles. The van der Waals surface area contributed by atoms with E-state index in [0.717, 1.165) is 10.0 Å². The molecule has 0 saturated heterocycles. The van der Waals surface area contributed by atoms with Crippen LogP contribution in [0.15, 0.2) is 46.9 Å². The van der Waals surface area contributed by atoms with E-state index in [9.17, 15) is 10.1 Å². The molecule has 0 bridgehead atoms. The Bertz CT molecular complexity index is 664. The zero-order valence-corrected chi connectivity index (χ0v) is 13.7. The van der Waals surface area contributed by atoms with E-state index in [1.165, 1.54) is 6.07 Å². The molecule has 0 spiro atoms. The van der Waals surface area contributed by atoms with Gasteiger partial charge in [0.15, 0.2) is 0 Å². The summed E-state index contributed by atoms with van der Waals surface area (Å²) in [4.78, 5) is 10.6. The third-order valence-electron chi connectivity index (χ3n) is 3.22. The predicted molar refractivity (Wildman–Crippen MR) is 87.5 cm³/mol. The molecule has 0 fully saturated rings. The molecule has 21 heavy (non-hydrogen) atoms. The van der Waals surface area contributed by atoms with Crippen LogP contribution in [0.4, 0.5) is 5.69 Å². The third kappa shape index (κ3) is 4.03. The average molecular weight is 370 g/mol. The minimum atomic E-state index is -0.410. The fourth-order valence-corrected chi connectivity index (χ4v) is 2.70. The summed E-state index contributed by atoms with van der Waals surface area (Å²) in [6.07, 6.45) is 0. The van der Waals surface area contributed by atoms with Gasteiger partial charge in [0.1, 0.15) is 0 Å². The monoisotopic (exact) mass is 368 g/mol. The van der Waals surface area contributed by atoms with Crippen LogP contribution in [0.2, 0.25) is 5.02 Å². The summed E-state index contributed by atoms with van der Waals surface area (Å²) in [5, 5.41) is 14.7. The molecular weight excluding hydrogens is 356 g/mol. The van der Waals surface area contributed by atoms with Crippen molar-refractivity contribution < 1.29 is 4.92 Å². The lowest BCUT2D eigenvalue weighted by Gasteiger charge is -2.15. The van der Waals surface area contributed by atoms with Crippen LogP contribution in [-0.2, 0) is 6.54 Å². The number of halogens is 2. The van der Waals surface area contributed by atoms with E-state index in [1.807, 2.05) is 31.2 Å². The Hall–Kier alpha value is -1.43. The first-order valence-electron chi connectivity index (χ1n) is 6.39. The molecule has 2 rings (SSSR count). The first kappa shape index (κ1) is 15.9. The third-order valence-corrected chi connectivity index (χ3v) is 4.07. The number of nitrogens with zero attached hydrogens (tertiary/aromatic N) is 1. The van der Waals surface area contributed by atoms with E-state index in [-0.39, 0.29) is 11.7 Å². The van der Waals surface area contributed by atoms with Crippen molar-refractivity contribution >= 4 is 33.2 Å². The van der Waals surface area contributed by atoms with Crippen LogP contribution in [0.5, 0.6) is 0 Å². The maximum Gasteiger partial charge on any atom is 0.275 e. The molecule has 2 aromatic carbocycles. The molecule has 6 heteroatoms. The normalized spacial score (nSPS) is 12.1. The highest BCUT2D eigenvalue weighted by Crippen LogP contribution is 2.27. The minimum absolute atomic E-state index is 0.0384. The molecule has 0 aromatic heterocycles. The zero-order chi connectivity index (χ0) is 15.4. The van der Waals surface area contributed by atoms with E-state index in [4.69, 9.17) is 11.6 Å². The molecule has 1 atom stereocenters. The average Bonchev–Trinajstić information content (AvgIpc) is 2.45.